The molecule has 0 aliphatic carbocycles. The van der Waals surface area contributed by atoms with Gasteiger partial charge in [0.2, 0.25) is 5.91 Å². The van der Waals surface area contributed by atoms with Crippen LogP contribution in [-0.4, -0.2) is 26.4 Å². The van der Waals surface area contributed by atoms with Crippen molar-refractivity contribution in [3.8, 4) is 0 Å². The van der Waals surface area contributed by atoms with Crippen LogP contribution in [0, 0.1) is 0 Å². The summed E-state index contributed by atoms with van der Waals surface area (Å²) >= 11 is 0. The van der Waals surface area contributed by atoms with Gasteiger partial charge >= 0.3 is 0 Å². The van der Waals surface area contributed by atoms with Gasteiger partial charge in [0, 0.05) is 11.6 Å². The van der Waals surface area contributed by atoms with Crippen molar-refractivity contribution in [2.24, 2.45) is 5.73 Å². The number of nitrogens with zero attached hydrogens (tertiary/aromatic N) is 3. The van der Waals surface area contributed by atoms with E-state index >= 15 is 0 Å². The van der Waals surface area contributed by atoms with Gasteiger partial charge in [-0.2, -0.15) is 0 Å². The molecule has 2 unspecified atom stereocenters. The van der Waals surface area contributed by atoms with E-state index in [9.17, 15) is 4.79 Å². The number of nitrogens with two attached hydrogens (primary N) is 1. The molecule has 0 aliphatic rings. The fraction of sp³-hybridized carbons (Fsp3) is 0.750. The van der Waals surface area contributed by atoms with Crippen LogP contribution in [0.4, 0.5) is 0 Å². The molecule has 6 heteroatoms. The summed E-state index contributed by atoms with van der Waals surface area (Å²) in [7, 11) is 0. The summed E-state index contributed by atoms with van der Waals surface area (Å²) in [6, 6.07) is -0.572. The molecule has 6 nitrogen and oxygen atoms in total. The van der Waals surface area contributed by atoms with Crippen molar-refractivity contribution in [3.63, 3.8) is 0 Å². The highest BCUT2D eigenvalue weighted by molar-refractivity contribution is 5.80. The summed E-state index contributed by atoms with van der Waals surface area (Å²) < 4.78 is 1.54. The van der Waals surface area contributed by atoms with E-state index in [1.54, 1.807) is 17.8 Å². The highest BCUT2D eigenvalue weighted by atomic mass is 16.2. The van der Waals surface area contributed by atoms with Crippen molar-refractivity contribution in [1.82, 2.24) is 20.3 Å². The SMILES string of the molecule is CCC(C)(C)NC(=O)C(C)n1cc(C(C)N)nn1. The number of rotatable bonds is 5. The Hall–Kier alpha value is -1.43. The van der Waals surface area contributed by atoms with Crippen LogP contribution >= 0.6 is 0 Å². The second-order valence-electron chi connectivity index (χ2n) is 5.31. The van der Waals surface area contributed by atoms with Gasteiger partial charge in [-0.1, -0.05) is 12.1 Å². The molecule has 18 heavy (non-hydrogen) atoms. The minimum absolute atomic E-state index is 0.0667. The Morgan fingerprint density at radius 3 is 2.61 bits per heavy atom. The molecule has 1 amide bonds. The van der Waals surface area contributed by atoms with Gasteiger partial charge in [-0.3, -0.25) is 4.79 Å². The molecule has 102 valence electrons. The third kappa shape index (κ3) is 3.53. The lowest BCUT2D eigenvalue weighted by Gasteiger charge is -2.26. The highest BCUT2D eigenvalue weighted by Gasteiger charge is 2.23. The maximum absolute atomic E-state index is 12.1. The molecular formula is C12H23N5O. The van der Waals surface area contributed by atoms with Gasteiger partial charge in [-0.25, -0.2) is 4.68 Å². The molecule has 0 aromatic carbocycles. The van der Waals surface area contributed by atoms with Crippen LogP contribution in [0.2, 0.25) is 0 Å². The smallest absolute Gasteiger partial charge is 0.245 e. The molecule has 0 fully saturated rings. The summed E-state index contributed by atoms with van der Waals surface area (Å²) in [6.45, 7) is 9.65. The van der Waals surface area contributed by atoms with Crippen LogP contribution in [0.1, 0.15) is 58.8 Å². The van der Waals surface area contributed by atoms with Gasteiger partial charge in [-0.05, 0) is 34.1 Å². The van der Waals surface area contributed by atoms with E-state index in [2.05, 4.69) is 15.6 Å². The Kier molecular flexibility index (Phi) is 4.45. The minimum atomic E-state index is -0.393. The maximum Gasteiger partial charge on any atom is 0.245 e. The van der Waals surface area contributed by atoms with Crippen LogP contribution in [-0.2, 0) is 4.79 Å². The number of hydrogen-bond acceptors (Lipinski definition) is 4. The molecule has 3 N–H and O–H groups in total. The van der Waals surface area contributed by atoms with Gasteiger partial charge in [-0.15, -0.1) is 5.10 Å². The molecule has 1 rings (SSSR count). The fourth-order valence-electron chi connectivity index (χ4n) is 1.33. The van der Waals surface area contributed by atoms with Crippen molar-refractivity contribution in [3.05, 3.63) is 11.9 Å². The van der Waals surface area contributed by atoms with E-state index in [0.717, 1.165) is 6.42 Å². The van der Waals surface area contributed by atoms with Crippen molar-refractivity contribution < 1.29 is 4.79 Å². The fourth-order valence-corrected chi connectivity index (χ4v) is 1.33. The molecule has 0 saturated carbocycles. The molecule has 1 aromatic rings. The number of carbonyl (C=O) groups excluding carboxylic acids is 1. The Labute approximate surface area is 108 Å². The Morgan fingerprint density at radius 1 is 1.56 bits per heavy atom. The van der Waals surface area contributed by atoms with Crippen molar-refractivity contribution in [2.75, 3.05) is 0 Å². The number of carbonyl (C=O) groups is 1. The lowest BCUT2D eigenvalue weighted by Crippen LogP contribution is -2.45. The lowest BCUT2D eigenvalue weighted by atomic mass is 10.0. The normalized spacial score (nSPS) is 15.2. The van der Waals surface area contributed by atoms with E-state index < -0.39 is 6.04 Å². The van der Waals surface area contributed by atoms with Crippen LogP contribution in [0.3, 0.4) is 0 Å². The number of nitrogens with one attached hydrogen (secondary N) is 1. The Balaban J connectivity index is 2.74. The zero-order valence-corrected chi connectivity index (χ0v) is 11.8. The Morgan fingerprint density at radius 2 is 2.17 bits per heavy atom. The number of hydrogen-bond donors (Lipinski definition) is 2. The first kappa shape index (κ1) is 14.6. The molecule has 0 aliphatic heterocycles. The zero-order chi connectivity index (χ0) is 13.9. The average molecular weight is 253 g/mol. The second kappa shape index (κ2) is 5.48. The molecule has 2 atom stereocenters. The first-order valence-corrected chi connectivity index (χ1v) is 6.26. The summed E-state index contributed by atoms with van der Waals surface area (Å²) in [5.74, 6) is -0.0667. The van der Waals surface area contributed by atoms with E-state index in [4.69, 9.17) is 5.73 Å². The van der Waals surface area contributed by atoms with E-state index in [0.29, 0.717) is 5.69 Å². The van der Waals surface area contributed by atoms with E-state index in [-0.39, 0.29) is 17.5 Å². The molecule has 0 spiro atoms. The molecule has 0 saturated heterocycles. The van der Waals surface area contributed by atoms with Gasteiger partial charge in [0.15, 0.2) is 0 Å². The molecule has 1 heterocycles. The average Bonchev–Trinajstić information content (AvgIpc) is 2.76. The zero-order valence-electron chi connectivity index (χ0n) is 11.8. The summed E-state index contributed by atoms with van der Waals surface area (Å²) in [6.07, 6.45) is 2.59. The third-order valence-electron chi connectivity index (χ3n) is 3.12. The molecular weight excluding hydrogens is 230 g/mol. The molecule has 0 radical (unpaired) electrons. The highest BCUT2D eigenvalue weighted by Crippen LogP contribution is 2.12. The summed E-state index contributed by atoms with van der Waals surface area (Å²) in [5.41, 5.74) is 6.18. The van der Waals surface area contributed by atoms with E-state index in [1.165, 1.54) is 0 Å². The van der Waals surface area contributed by atoms with Crippen molar-refractivity contribution in [2.45, 2.75) is 58.7 Å². The van der Waals surface area contributed by atoms with Gasteiger partial charge in [0.25, 0.3) is 0 Å². The Bertz CT molecular complexity index is 410. The number of amides is 1. The van der Waals surface area contributed by atoms with Gasteiger partial charge in [0.1, 0.15) is 6.04 Å². The standard InChI is InChI=1S/C12H23N5O/c1-6-12(4,5)14-11(18)9(3)17-7-10(8(2)13)15-16-17/h7-9H,6,13H2,1-5H3,(H,14,18). The quantitative estimate of drug-likeness (QED) is 0.824. The molecule has 1 aromatic heterocycles. The van der Waals surface area contributed by atoms with Crippen LogP contribution in [0.5, 0.6) is 0 Å². The first-order valence-electron chi connectivity index (χ1n) is 6.26. The predicted octanol–water partition coefficient (Wildman–Crippen LogP) is 1.16. The maximum atomic E-state index is 12.1. The monoisotopic (exact) mass is 253 g/mol. The second-order valence-corrected chi connectivity index (χ2v) is 5.31. The lowest BCUT2D eigenvalue weighted by molar-refractivity contribution is -0.125. The van der Waals surface area contributed by atoms with Crippen LogP contribution < -0.4 is 11.1 Å². The van der Waals surface area contributed by atoms with Crippen LogP contribution in [0.25, 0.3) is 0 Å². The van der Waals surface area contributed by atoms with Crippen molar-refractivity contribution >= 4 is 5.91 Å². The minimum Gasteiger partial charge on any atom is -0.349 e. The molecule has 0 bridgehead atoms. The summed E-state index contributed by atoms with van der Waals surface area (Å²) in [5, 5.41) is 10.9. The van der Waals surface area contributed by atoms with Gasteiger partial charge < -0.3 is 11.1 Å². The van der Waals surface area contributed by atoms with Gasteiger partial charge in [0.05, 0.1) is 11.9 Å². The topological polar surface area (TPSA) is 85.8 Å². The largest absolute Gasteiger partial charge is 0.349 e. The third-order valence-corrected chi connectivity index (χ3v) is 3.12. The predicted molar refractivity (Wildman–Crippen MR) is 69.8 cm³/mol. The van der Waals surface area contributed by atoms with Crippen LogP contribution in [0.15, 0.2) is 6.20 Å². The van der Waals surface area contributed by atoms with Crippen molar-refractivity contribution in [1.29, 1.82) is 0 Å². The first-order chi connectivity index (χ1) is 8.26. The van der Waals surface area contributed by atoms with E-state index in [1.807, 2.05) is 27.7 Å². The number of aromatic nitrogens is 3. The summed E-state index contributed by atoms with van der Waals surface area (Å²) in [4.78, 5) is 12.1.